The van der Waals surface area contributed by atoms with Gasteiger partial charge in [-0.05, 0) is 25.0 Å². The van der Waals surface area contributed by atoms with Gasteiger partial charge < -0.3 is 15.0 Å². The summed E-state index contributed by atoms with van der Waals surface area (Å²) in [7, 11) is -3.00. The molecule has 132 valence electrons. The van der Waals surface area contributed by atoms with E-state index in [1.165, 1.54) is 7.11 Å². The van der Waals surface area contributed by atoms with E-state index >= 15 is 0 Å². The summed E-state index contributed by atoms with van der Waals surface area (Å²) in [5.74, 6) is -1.83. The van der Waals surface area contributed by atoms with Crippen LogP contribution in [0.3, 0.4) is 0 Å². The summed E-state index contributed by atoms with van der Waals surface area (Å²) in [6.07, 6.45) is 3.25. The number of hydrogen-bond donors (Lipinski definition) is 3. The van der Waals surface area contributed by atoms with Gasteiger partial charge in [0.05, 0.1) is 16.1 Å². The number of ether oxygens (including phenoxy) is 1. The first kappa shape index (κ1) is 18.4. The van der Waals surface area contributed by atoms with Gasteiger partial charge in [-0.3, -0.25) is 9.52 Å². The number of benzene rings is 1. The van der Waals surface area contributed by atoms with Crippen LogP contribution in [0.15, 0.2) is 17.0 Å². The second kappa shape index (κ2) is 6.93. The Morgan fingerprint density at radius 3 is 2.62 bits per heavy atom. The highest BCUT2D eigenvalue weighted by molar-refractivity contribution is 8.23. The molecule has 1 aromatic carbocycles. The smallest absolute Gasteiger partial charge is 0.264 e. The van der Waals surface area contributed by atoms with Crippen molar-refractivity contribution in [1.29, 1.82) is 5.26 Å². The molecule has 1 aromatic rings. The minimum absolute atomic E-state index is 0.318. The molecule has 2 rings (SSSR count). The van der Waals surface area contributed by atoms with Gasteiger partial charge in [0.15, 0.2) is 0 Å². The van der Waals surface area contributed by atoms with E-state index in [1.807, 2.05) is 4.72 Å². The minimum Gasteiger partial charge on any atom is -0.395 e. The fourth-order valence-electron chi connectivity index (χ4n) is 2.76. The third kappa shape index (κ3) is 3.45. The van der Waals surface area contributed by atoms with E-state index < -0.39 is 38.8 Å². The second-order valence-electron chi connectivity index (χ2n) is 5.68. The Balaban J connectivity index is 2.29. The fourth-order valence-corrected chi connectivity index (χ4v) is 3.85. The zero-order valence-corrected chi connectivity index (χ0v) is 14.0. The van der Waals surface area contributed by atoms with Crippen molar-refractivity contribution >= 4 is 22.5 Å². The molecule has 1 amide bonds. The summed E-state index contributed by atoms with van der Waals surface area (Å²) in [4.78, 5) is 11.9. The van der Waals surface area contributed by atoms with Crippen LogP contribution in [0.2, 0.25) is 0 Å². The summed E-state index contributed by atoms with van der Waals surface area (Å²) in [6.45, 7) is 0. The summed E-state index contributed by atoms with van der Waals surface area (Å²) in [5, 5.41) is 8.90. The Hall–Kier alpha value is -1.89. The molecule has 0 spiro atoms. The molecule has 9 heteroatoms. The Morgan fingerprint density at radius 2 is 2.08 bits per heavy atom. The molecule has 0 heterocycles. The van der Waals surface area contributed by atoms with Gasteiger partial charge in [0.25, 0.3) is 5.91 Å². The van der Waals surface area contributed by atoms with Crippen molar-refractivity contribution in [3.05, 3.63) is 23.5 Å². The summed E-state index contributed by atoms with van der Waals surface area (Å²) >= 11 is 0. The van der Waals surface area contributed by atoms with E-state index in [9.17, 15) is 17.6 Å². The number of nitrogens with one attached hydrogen (secondary N) is 1. The van der Waals surface area contributed by atoms with Crippen LogP contribution in [0.1, 0.15) is 37.7 Å². The number of nitriles is 1. The van der Waals surface area contributed by atoms with Crippen molar-refractivity contribution in [2.24, 2.45) is 0 Å². The number of carbonyl (C=O) groups excluding carboxylic acids is 1. The van der Waals surface area contributed by atoms with Gasteiger partial charge in [-0.1, -0.05) is 19.3 Å². The second-order valence-corrected chi connectivity index (χ2v) is 7.37. The summed E-state index contributed by atoms with van der Waals surface area (Å²) < 4.78 is 45.7. The van der Waals surface area contributed by atoms with Crippen LogP contribution in [0.5, 0.6) is 0 Å². The topological polar surface area (TPSA) is 108 Å². The maximum Gasteiger partial charge on any atom is 0.264 e. The number of hydrogen-bond acceptors (Lipinski definition) is 5. The number of rotatable bonds is 4. The highest BCUT2D eigenvalue weighted by Gasteiger charge is 2.43. The Morgan fingerprint density at radius 1 is 1.46 bits per heavy atom. The lowest BCUT2D eigenvalue weighted by Crippen LogP contribution is -2.49. The van der Waals surface area contributed by atoms with E-state index in [0.717, 1.165) is 25.3 Å². The molecular weight excluding hydrogens is 340 g/mol. The SMILES string of the molecule is COC1(C(=O)NS(O)(F)c2cc(F)c(N)c(C#N)c2)CCCCC1. The minimum atomic E-state index is -4.36. The number of nitrogen functional groups attached to an aromatic ring is 1. The maximum atomic E-state index is 14.7. The van der Waals surface area contributed by atoms with Crippen molar-refractivity contribution < 1.29 is 22.4 Å². The number of nitrogens with zero attached hydrogens (tertiary/aromatic N) is 1. The molecule has 0 aliphatic heterocycles. The molecule has 0 bridgehead atoms. The molecule has 4 N–H and O–H groups in total. The number of methoxy groups -OCH3 is 1. The standard InChI is InChI=1S/C15H19F2N3O3S/c1-23-15(5-3-2-4-6-15)14(21)20-24(17,22)11-7-10(9-18)13(19)12(16)8-11/h7-8,22H,2-6,19H2,1H3,(H,20,21). The monoisotopic (exact) mass is 359 g/mol. The lowest BCUT2D eigenvalue weighted by atomic mass is 9.84. The Bertz CT molecular complexity index is 685. The van der Waals surface area contributed by atoms with Crippen molar-refractivity contribution in [2.75, 3.05) is 12.8 Å². The lowest BCUT2D eigenvalue weighted by Gasteiger charge is -2.37. The van der Waals surface area contributed by atoms with Crippen LogP contribution in [-0.4, -0.2) is 23.2 Å². The highest BCUT2D eigenvalue weighted by Crippen LogP contribution is 2.51. The van der Waals surface area contributed by atoms with Gasteiger partial charge in [-0.15, -0.1) is 3.89 Å². The van der Waals surface area contributed by atoms with Crippen molar-refractivity contribution in [1.82, 2.24) is 4.72 Å². The Kier molecular flexibility index (Phi) is 5.32. The predicted molar refractivity (Wildman–Crippen MR) is 86.1 cm³/mol. The number of amides is 1. The molecule has 6 nitrogen and oxygen atoms in total. The molecule has 0 aromatic heterocycles. The van der Waals surface area contributed by atoms with Crippen LogP contribution in [0.25, 0.3) is 0 Å². The van der Waals surface area contributed by atoms with Gasteiger partial charge in [-0.25, -0.2) is 4.39 Å². The highest BCUT2D eigenvalue weighted by atomic mass is 32.3. The molecule has 1 aliphatic rings. The van der Waals surface area contributed by atoms with Gasteiger partial charge >= 0.3 is 0 Å². The van der Waals surface area contributed by atoms with Crippen molar-refractivity contribution in [3.63, 3.8) is 0 Å². The third-order valence-electron chi connectivity index (χ3n) is 4.23. The zero-order valence-electron chi connectivity index (χ0n) is 13.1. The summed E-state index contributed by atoms with van der Waals surface area (Å²) in [6, 6.07) is 3.21. The molecule has 1 atom stereocenters. The molecule has 1 fully saturated rings. The molecule has 0 saturated heterocycles. The number of carbonyl (C=O) groups is 1. The van der Waals surface area contributed by atoms with Crippen molar-refractivity contribution in [2.45, 2.75) is 42.6 Å². The van der Waals surface area contributed by atoms with E-state index in [4.69, 9.17) is 15.7 Å². The van der Waals surface area contributed by atoms with Gasteiger partial charge in [-0.2, -0.15) is 5.26 Å². The largest absolute Gasteiger partial charge is 0.395 e. The molecule has 1 unspecified atom stereocenters. The lowest BCUT2D eigenvalue weighted by molar-refractivity contribution is -0.145. The van der Waals surface area contributed by atoms with Crippen molar-refractivity contribution in [3.8, 4) is 6.07 Å². The molecule has 0 radical (unpaired) electrons. The van der Waals surface area contributed by atoms with Gasteiger partial charge in [0, 0.05) is 7.11 Å². The first-order valence-corrected chi connectivity index (χ1v) is 8.86. The molecule has 1 saturated carbocycles. The molecule has 1 aliphatic carbocycles. The Labute approximate surface area is 140 Å². The normalized spacial score (nSPS) is 20.5. The van der Waals surface area contributed by atoms with Crippen LogP contribution in [0.4, 0.5) is 14.0 Å². The first-order chi connectivity index (χ1) is 11.3. The molecule has 24 heavy (non-hydrogen) atoms. The first-order valence-electron chi connectivity index (χ1n) is 7.37. The van der Waals surface area contributed by atoms with Gasteiger partial charge in [0.1, 0.15) is 28.4 Å². The zero-order chi connectivity index (χ0) is 18.0. The van der Waals surface area contributed by atoms with Crippen LogP contribution < -0.4 is 10.5 Å². The van der Waals surface area contributed by atoms with Gasteiger partial charge in [0.2, 0.25) is 0 Å². The van der Waals surface area contributed by atoms with E-state index in [1.54, 1.807) is 6.07 Å². The van der Waals surface area contributed by atoms with Crippen LogP contribution in [0, 0.1) is 17.1 Å². The average molecular weight is 359 g/mol. The predicted octanol–water partition coefficient (Wildman–Crippen LogP) is 3.18. The average Bonchev–Trinajstić information content (AvgIpc) is 2.57. The number of halogens is 2. The molecular formula is C15H19F2N3O3S. The summed E-state index contributed by atoms with van der Waals surface area (Å²) in [5.41, 5.74) is 3.39. The quantitative estimate of drug-likeness (QED) is 0.716. The van der Waals surface area contributed by atoms with E-state index in [0.29, 0.717) is 18.9 Å². The third-order valence-corrected chi connectivity index (χ3v) is 5.55. The van der Waals surface area contributed by atoms with Crippen LogP contribution in [-0.2, 0) is 9.53 Å². The maximum absolute atomic E-state index is 14.7. The fraction of sp³-hybridized carbons (Fsp3) is 0.467. The van der Waals surface area contributed by atoms with E-state index in [2.05, 4.69) is 0 Å². The van der Waals surface area contributed by atoms with E-state index in [-0.39, 0.29) is 5.56 Å². The number of nitrogens with two attached hydrogens (primary N) is 1. The van der Waals surface area contributed by atoms with Crippen LogP contribution >= 0.6 is 10.9 Å². The number of anilines is 1.